The van der Waals surface area contributed by atoms with E-state index >= 15 is 0 Å². The SMILES string of the molecule is COc1cc([N+](=O)[O-])ccc1NC(=O)CC1CCS(=O)(=O)CC1. The zero-order valence-electron chi connectivity index (χ0n) is 12.6. The van der Waals surface area contributed by atoms with Crippen LogP contribution >= 0.6 is 0 Å². The minimum Gasteiger partial charge on any atom is -0.494 e. The summed E-state index contributed by atoms with van der Waals surface area (Å²) in [6.07, 6.45) is 1.18. The molecule has 126 valence electrons. The Morgan fingerprint density at radius 2 is 2.04 bits per heavy atom. The summed E-state index contributed by atoms with van der Waals surface area (Å²) in [5, 5.41) is 13.4. The highest BCUT2D eigenvalue weighted by atomic mass is 32.2. The number of rotatable bonds is 5. The molecule has 0 atom stereocenters. The van der Waals surface area contributed by atoms with Gasteiger partial charge in [-0.2, -0.15) is 0 Å². The molecular formula is C14H18N2O6S. The molecule has 1 heterocycles. The highest BCUT2D eigenvalue weighted by molar-refractivity contribution is 7.91. The predicted octanol–water partition coefficient (Wildman–Crippen LogP) is 1.76. The van der Waals surface area contributed by atoms with Crippen molar-refractivity contribution >= 4 is 27.1 Å². The maximum Gasteiger partial charge on any atom is 0.273 e. The largest absolute Gasteiger partial charge is 0.494 e. The number of ether oxygens (including phenoxy) is 1. The Morgan fingerprint density at radius 3 is 2.61 bits per heavy atom. The second kappa shape index (κ2) is 6.95. The van der Waals surface area contributed by atoms with Crippen molar-refractivity contribution in [2.45, 2.75) is 19.3 Å². The summed E-state index contributed by atoms with van der Waals surface area (Å²) >= 11 is 0. The molecule has 1 amide bonds. The van der Waals surface area contributed by atoms with E-state index in [0.717, 1.165) is 0 Å². The summed E-state index contributed by atoms with van der Waals surface area (Å²) in [5.74, 6) is 0.209. The monoisotopic (exact) mass is 342 g/mol. The van der Waals surface area contributed by atoms with Crippen molar-refractivity contribution in [1.29, 1.82) is 0 Å². The number of nitro benzene ring substituents is 1. The fraction of sp³-hybridized carbons (Fsp3) is 0.500. The summed E-state index contributed by atoms with van der Waals surface area (Å²) < 4.78 is 27.8. The number of hydrogen-bond donors (Lipinski definition) is 1. The fourth-order valence-electron chi connectivity index (χ4n) is 2.50. The number of carbonyl (C=O) groups excluding carboxylic acids is 1. The minimum absolute atomic E-state index is 0.0302. The van der Waals surface area contributed by atoms with Crippen molar-refractivity contribution in [1.82, 2.24) is 0 Å². The van der Waals surface area contributed by atoms with Gasteiger partial charge in [-0.25, -0.2) is 8.42 Å². The van der Waals surface area contributed by atoms with Crippen molar-refractivity contribution in [3.63, 3.8) is 0 Å². The Kier molecular flexibility index (Phi) is 5.19. The summed E-state index contributed by atoms with van der Waals surface area (Å²) in [7, 11) is -1.59. The highest BCUT2D eigenvalue weighted by Gasteiger charge is 2.25. The zero-order chi connectivity index (χ0) is 17.0. The third-order valence-corrected chi connectivity index (χ3v) is 5.53. The molecule has 1 aliphatic heterocycles. The first-order valence-corrected chi connectivity index (χ1v) is 8.95. The first-order chi connectivity index (χ1) is 10.8. The molecule has 0 unspecified atom stereocenters. The Morgan fingerprint density at radius 1 is 1.39 bits per heavy atom. The molecule has 9 heteroatoms. The smallest absolute Gasteiger partial charge is 0.273 e. The van der Waals surface area contributed by atoms with Crippen LogP contribution in [0.25, 0.3) is 0 Å². The van der Waals surface area contributed by atoms with Gasteiger partial charge in [0.05, 0.1) is 35.3 Å². The van der Waals surface area contributed by atoms with Crippen molar-refractivity contribution in [2.75, 3.05) is 23.9 Å². The van der Waals surface area contributed by atoms with Crippen molar-refractivity contribution in [3.8, 4) is 5.75 Å². The Hall–Kier alpha value is -2.16. The fourth-order valence-corrected chi connectivity index (χ4v) is 4.09. The number of non-ortho nitro benzene ring substituents is 1. The lowest BCUT2D eigenvalue weighted by Crippen LogP contribution is -2.26. The third-order valence-electron chi connectivity index (χ3n) is 3.82. The molecule has 0 saturated carbocycles. The van der Waals surface area contributed by atoms with Crippen molar-refractivity contribution in [3.05, 3.63) is 28.3 Å². The van der Waals surface area contributed by atoms with Gasteiger partial charge < -0.3 is 10.1 Å². The van der Waals surface area contributed by atoms with Gasteiger partial charge in [-0.1, -0.05) is 0 Å². The number of nitrogens with zero attached hydrogens (tertiary/aromatic N) is 1. The lowest BCUT2D eigenvalue weighted by molar-refractivity contribution is -0.384. The van der Waals surface area contributed by atoms with E-state index < -0.39 is 14.8 Å². The van der Waals surface area contributed by atoms with E-state index in [0.29, 0.717) is 18.5 Å². The lowest BCUT2D eigenvalue weighted by atomic mass is 9.98. The van der Waals surface area contributed by atoms with Crippen LogP contribution in [0.3, 0.4) is 0 Å². The van der Waals surface area contributed by atoms with Crippen LogP contribution < -0.4 is 10.1 Å². The van der Waals surface area contributed by atoms with E-state index in [9.17, 15) is 23.3 Å². The number of amides is 1. The van der Waals surface area contributed by atoms with E-state index in [1.807, 2.05) is 0 Å². The number of methoxy groups -OCH3 is 1. The number of sulfone groups is 1. The van der Waals surface area contributed by atoms with Gasteiger partial charge in [-0.15, -0.1) is 0 Å². The van der Waals surface area contributed by atoms with Crippen LogP contribution in [0.5, 0.6) is 5.75 Å². The van der Waals surface area contributed by atoms with Gasteiger partial charge in [0.1, 0.15) is 15.6 Å². The molecule has 1 saturated heterocycles. The maximum atomic E-state index is 12.1. The molecule has 1 aliphatic rings. The van der Waals surface area contributed by atoms with Crippen LogP contribution in [0.15, 0.2) is 18.2 Å². The van der Waals surface area contributed by atoms with E-state index in [1.165, 1.54) is 25.3 Å². The minimum atomic E-state index is -2.95. The van der Waals surface area contributed by atoms with Crippen molar-refractivity contribution < 1.29 is 22.9 Å². The molecule has 1 aromatic rings. The van der Waals surface area contributed by atoms with E-state index in [1.54, 1.807) is 0 Å². The molecule has 0 aliphatic carbocycles. The van der Waals surface area contributed by atoms with Crippen LogP contribution in [0.2, 0.25) is 0 Å². The molecule has 1 fully saturated rings. The van der Waals surface area contributed by atoms with Crippen LogP contribution in [0, 0.1) is 16.0 Å². The Balaban J connectivity index is 1.99. The molecule has 8 nitrogen and oxygen atoms in total. The highest BCUT2D eigenvalue weighted by Crippen LogP contribution is 2.30. The molecule has 0 radical (unpaired) electrons. The molecule has 0 bridgehead atoms. The van der Waals surface area contributed by atoms with E-state index in [-0.39, 0.29) is 41.2 Å². The van der Waals surface area contributed by atoms with Crippen LogP contribution in [0.4, 0.5) is 11.4 Å². The predicted molar refractivity (Wildman–Crippen MR) is 84.3 cm³/mol. The standard InChI is InChI=1S/C14H18N2O6S/c1-22-13-9-11(16(18)19)2-3-12(13)15-14(17)8-10-4-6-23(20,21)7-5-10/h2-3,9-10H,4-8H2,1H3,(H,15,17). The van der Waals surface area contributed by atoms with E-state index in [4.69, 9.17) is 4.74 Å². The average Bonchev–Trinajstić information content (AvgIpc) is 2.49. The van der Waals surface area contributed by atoms with Crippen LogP contribution in [-0.4, -0.2) is 37.9 Å². The molecule has 0 aromatic heterocycles. The van der Waals surface area contributed by atoms with Gasteiger partial charge >= 0.3 is 0 Å². The average molecular weight is 342 g/mol. The summed E-state index contributed by atoms with van der Waals surface area (Å²) in [5.41, 5.74) is 0.226. The number of hydrogen-bond acceptors (Lipinski definition) is 6. The summed E-state index contributed by atoms with van der Waals surface area (Å²) in [4.78, 5) is 22.3. The van der Waals surface area contributed by atoms with Crippen LogP contribution in [-0.2, 0) is 14.6 Å². The Labute approximate surface area is 133 Å². The van der Waals surface area contributed by atoms with Gasteiger partial charge in [0.15, 0.2) is 0 Å². The molecule has 2 rings (SSSR count). The number of carbonyl (C=O) groups is 1. The summed E-state index contributed by atoms with van der Waals surface area (Å²) in [6.45, 7) is 0. The molecule has 1 N–H and O–H groups in total. The second-order valence-electron chi connectivity index (χ2n) is 5.49. The summed E-state index contributed by atoms with van der Waals surface area (Å²) in [6, 6.07) is 3.94. The molecule has 0 spiro atoms. The third kappa shape index (κ3) is 4.65. The zero-order valence-corrected chi connectivity index (χ0v) is 13.5. The maximum absolute atomic E-state index is 12.1. The quantitative estimate of drug-likeness (QED) is 0.644. The normalized spacial score (nSPS) is 17.4. The van der Waals surface area contributed by atoms with Gasteiger partial charge in [0, 0.05) is 12.5 Å². The number of nitro groups is 1. The van der Waals surface area contributed by atoms with Gasteiger partial charge in [-0.3, -0.25) is 14.9 Å². The first-order valence-electron chi connectivity index (χ1n) is 7.13. The van der Waals surface area contributed by atoms with Crippen LogP contribution in [0.1, 0.15) is 19.3 Å². The Bertz CT molecular complexity index is 702. The topological polar surface area (TPSA) is 116 Å². The number of benzene rings is 1. The van der Waals surface area contributed by atoms with Gasteiger partial charge in [0.25, 0.3) is 5.69 Å². The van der Waals surface area contributed by atoms with Crippen molar-refractivity contribution in [2.24, 2.45) is 5.92 Å². The second-order valence-corrected chi connectivity index (χ2v) is 7.79. The number of anilines is 1. The van der Waals surface area contributed by atoms with Gasteiger partial charge in [0.2, 0.25) is 5.91 Å². The first kappa shape index (κ1) is 17.2. The van der Waals surface area contributed by atoms with E-state index in [2.05, 4.69) is 5.32 Å². The lowest BCUT2D eigenvalue weighted by Gasteiger charge is -2.21. The molecule has 1 aromatic carbocycles. The molecular weight excluding hydrogens is 324 g/mol. The molecule has 23 heavy (non-hydrogen) atoms. The number of nitrogens with one attached hydrogen (secondary N) is 1. The van der Waals surface area contributed by atoms with Gasteiger partial charge in [-0.05, 0) is 24.8 Å².